The summed E-state index contributed by atoms with van der Waals surface area (Å²) in [6.07, 6.45) is 9.11. The SMILES string of the molecule is CCOC(=O)C(CC)CCN(C)c1cc(-c2c(-c3ccco3)nc(I)nc2C2CC=CO2)ccn1. The predicted molar refractivity (Wildman–Crippen MR) is 142 cm³/mol. The lowest BCUT2D eigenvalue weighted by atomic mass is 9.97. The van der Waals surface area contributed by atoms with Crippen LogP contribution in [0.5, 0.6) is 0 Å². The molecule has 4 rings (SSSR count). The zero-order valence-electron chi connectivity index (χ0n) is 20.1. The molecule has 0 bridgehead atoms. The van der Waals surface area contributed by atoms with Crippen molar-refractivity contribution < 1.29 is 18.7 Å². The molecule has 0 aromatic carbocycles. The maximum absolute atomic E-state index is 12.2. The Morgan fingerprint density at radius 2 is 2.17 bits per heavy atom. The number of ether oxygens (including phenoxy) is 2. The smallest absolute Gasteiger partial charge is 0.308 e. The Hall–Kier alpha value is -2.95. The summed E-state index contributed by atoms with van der Waals surface area (Å²) in [5.74, 6) is 1.19. The summed E-state index contributed by atoms with van der Waals surface area (Å²) in [4.78, 5) is 28.3. The summed E-state index contributed by atoms with van der Waals surface area (Å²) < 4.78 is 17.4. The van der Waals surface area contributed by atoms with Crippen LogP contribution < -0.4 is 4.90 Å². The van der Waals surface area contributed by atoms with E-state index in [-0.39, 0.29) is 18.0 Å². The van der Waals surface area contributed by atoms with Gasteiger partial charge in [0, 0.05) is 54.4 Å². The monoisotopic (exact) mass is 588 g/mol. The van der Waals surface area contributed by atoms with Crippen molar-refractivity contribution in [2.24, 2.45) is 5.92 Å². The van der Waals surface area contributed by atoms with Gasteiger partial charge in [0.15, 0.2) is 9.59 Å². The van der Waals surface area contributed by atoms with Crippen molar-refractivity contribution in [2.45, 2.75) is 39.2 Å². The molecule has 8 nitrogen and oxygen atoms in total. The van der Waals surface area contributed by atoms with E-state index in [2.05, 4.69) is 32.5 Å². The summed E-state index contributed by atoms with van der Waals surface area (Å²) >= 11 is 2.13. The average molecular weight is 588 g/mol. The van der Waals surface area contributed by atoms with Gasteiger partial charge in [0.25, 0.3) is 0 Å². The molecule has 35 heavy (non-hydrogen) atoms. The fraction of sp³-hybridized carbons (Fsp3) is 0.385. The van der Waals surface area contributed by atoms with Crippen LogP contribution in [0, 0.1) is 9.75 Å². The van der Waals surface area contributed by atoms with Crippen molar-refractivity contribution in [1.82, 2.24) is 15.0 Å². The molecule has 3 aromatic rings. The third kappa shape index (κ3) is 5.83. The Morgan fingerprint density at radius 3 is 2.86 bits per heavy atom. The van der Waals surface area contributed by atoms with Gasteiger partial charge in [-0.15, -0.1) is 0 Å². The van der Waals surface area contributed by atoms with Crippen LogP contribution in [0.4, 0.5) is 5.82 Å². The number of pyridine rings is 1. The number of carbonyl (C=O) groups excluding carboxylic acids is 1. The minimum absolute atomic E-state index is 0.130. The van der Waals surface area contributed by atoms with Gasteiger partial charge in [0.1, 0.15) is 17.6 Å². The number of furan rings is 1. The van der Waals surface area contributed by atoms with Gasteiger partial charge in [0.2, 0.25) is 0 Å². The molecule has 184 valence electrons. The largest absolute Gasteiger partial charge is 0.492 e. The summed E-state index contributed by atoms with van der Waals surface area (Å²) in [7, 11) is 1.98. The number of hydrogen-bond donors (Lipinski definition) is 0. The van der Waals surface area contributed by atoms with Gasteiger partial charge in [-0.1, -0.05) is 6.92 Å². The first-order valence-electron chi connectivity index (χ1n) is 11.8. The Kier molecular flexibility index (Phi) is 8.37. The molecular formula is C26H29IN4O4. The van der Waals surface area contributed by atoms with Crippen LogP contribution in [0.25, 0.3) is 22.6 Å². The van der Waals surface area contributed by atoms with Crippen LogP contribution in [-0.2, 0) is 14.3 Å². The van der Waals surface area contributed by atoms with Gasteiger partial charge in [-0.2, -0.15) is 0 Å². The number of anilines is 1. The number of carbonyl (C=O) groups is 1. The normalized spacial score (nSPS) is 15.6. The van der Waals surface area contributed by atoms with E-state index in [0.29, 0.717) is 34.9 Å². The van der Waals surface area contributed by atoms with E-state index in [0.717, 1.165) is 35.5 Å². The quantitative estimate of drug-likeness (QED) is 0.167. The summed E-state index contributed by atoms with van der Waals surface area (Å²) in [5, 5.41) is 0. The lowest BCUT2D eigenvalue weighted by Crippen LogP contribution is -2.26. The number of esters is 1. The first-order chi connectivity index (χ1) is 17.0. The van der Waals surface area contributed by atoms with Crippen LogP contribution in [0.15, 0.2) is 53.5 Å². The highest BCUT2D eigenvalue weighted by molar-refractivity contribution is 14.1. The second-order valence-electron chi connectivity index (χ2n) is 8.28. The minimum atomic E-state index is -0.195. The lowest BCUT2D eigenvalue weighted by Gasteiger charge is -2.22. The molecule has 9 heteroatoms. The molecule has 0 N–H and O–H groups in total. The molecule has 0 amide bonds. The van der Waals surface area contributed by atoms with Gasteiger partial charge in [0.05, 0.1) is 30.7 Å². The topological polar surface area (TPSA) is 90.6 Å². The second kappa shape index (κ2) is 11.7. The van der Waals surface area contributed by atoms with Crippen molar-refractivity contribution >= 4 is 34.4 Å². The predicted octanol–water partition coefficient (Wildman–Crippen LogP) is 5.79. The van der Waals surface area contributed by atoms with Crippen molar-refractivity contribution in [2.75, 3.05) is 25.1 Å². The first kappa shape index (κ1) is 25.2. The average Bonchev–Trinajstić information content (AvgIpc) is 3.59. The van der Waals surface area contributed by atoms with Crippen LogP contribution in [0.2, 0.25) is 0 Å². The molecule has 2 atom stereocenters. The van der Waals surface area contributed by atoms with E-state index >= 15 is 0 Å². The zero-order valence-corrected chi connectivity index (χ0v) is 22.3. The Morgan fingerprint density at radius 1 is 1.31 bits per heavy atom. The number of rotatable bonds is 10. The third-order valence-electron chi connectivity index (χ3n) is 6.01. The van der Waals surface area contributed by atoms with Crippen LogP contribution in [0.1, 0.15) is 44.9 Å². The highest BCUT2D eigenvalue weighted by Gasteiger charge is 2.27. The Bertz CT molecular complexity index is 1170. The van der Waals surface area contributed by atoms with Gasteiger partial charge in [-0.05, 0) is 55.7 Å². The van der Waals surface area contributed by atoms with Gasteiger partial charge >= 0.3 is 5.97 Å². The summed E-state index contributed by atoms with van der Waals surface area (Å²) in [6.45, 7) is 4.91. The van der Waals surface area contributed by atoms with Crippen LogP contribution >= 0.6 is 22.6 Å². The molecule has 0 aliphatic carbocycles. The second-order valence-corrected chi connectivity index (χ2v) is 9.25. The maximum atomic E-state index is 12.2. The fourth-order valence-electron chi connectivity index (χ4n) is 4.12. The highest BCUT2D eigenvalue weighted by Crippen LogP contribution is 2.40. The van der Waals surface area contributed by atoms with Gasteiger partial charge in [-0.3, -0.25) is 4.79 Å². The number of aromatic nitrogens is 3. The van der Waals surface area contributed by atoms with Crippen LogP contribution in [0.3, 0.4) is 0 Å². The minimum Gasteiger partial charge on any atom is -0.492 e. The number of hydrogen-bond acceptors (Lipinski definition) is 8. The molecule has 0 saturated heterocycles. The zero-order chi connectivity index (χ0) is 24.8. The lowest BCUT2D eigenvalue weighted by molar-refractivity contribution is -0.148. The van der Waals surface area contributed by atoms with Crippen molar-refractivity contribution in [3.8, 4) is 22.6 Å². The van der Waals surface area contributed by atoms with E-state index in [1.165, 1.54) is 0 Å². The summed E-state index contributed by atoms with van der Waals surface area (Å²) in [6, 6.07) is 7.72. The van der Waals surface area contributed by atoms with E-state index in [1.807, 2.05) is 51.2 Å². The van der Waals surface area contributed by atoms with E-state index in [4.69, 9.17) is 23.9 Å². The van der Waals surface area contributed by atoms with E-state index in [1.54, 1.807) is 18.7 Å². The van der Waals surface area contributed by atoms with Crippen molar-refractivity contribution in [3.05, 3.63) is 58.6 Å². The first-order valence-corrected chi connectivity index (χ1v) is 12.9. The van der Waals surface area contributed by atoms with Gasteiger partial charge in [-0.25, -0.2) is 15.0 Å². The fourth-order valence-corrected chi connectivity index (χ4v) is 4.62. The number of halogens is 1. The third-order valence-corrected chi connectivity index (χ3v) is 6.49. The molecule has 2 unspecified atom stereocenters. The molecule has 0 radical (unpaired) electrons. The Balaban J connectivity index is 1.67. The maximum Gasteiger partial charge on any atom is 0.308 e. The highest BCUT2D eigenvalue weighted by atomic mass is 127. The standard InChI is InChI=1S/C26H29IN4O4/c1-4-17(25(32)33-5-2)11-13-31(3)21-16-18(10-12-28-21)22-23(19-8-6-14-34-19)29-26(27)30-24(22)20-9-7-15-35-20/h6-8,10,12,14-17,20H,4-5,9,11,13H2,1-3H3. The summed E-state index contributed by atoms with van der Waals surface area (Å²) in [5.41, 5.74) is 3.32. The molecule has 0 saturated carbocycles. The molecule has 0 spiro atoms. The van der Waals surface area contributed by atoms with E-state index in [9.17, 15) is 4.79 Å². The Labute approximate surface area is 218 Å². The molecule has 3 aromatic heterocycles. The molecular weight excluding hydrogens is 559 g/mol. The molecule has 0 fully saturated rings. The number of nitrogens with zero attached hydrogens (tertiary/aromatic N) is 4. The van der Waals surface area contributed by atoms with Crippen molar-refractivity contribution in [1.29, 1.82) is 0 Å². The van der Waals surface area contributed by atoms with Crippen molar-refractivity contribution in [3.63, 3.8) is 0 Å². The molecule has 1 aliphatic heterocycles. The van der Waals surface area contributed by atoms with E-state index < -0.39 is 0 Å². The molecule has 1 aliphatic rings. The van der Waals surface area contributed by atoms with Crippen LogP contribution in [-0.4, -0.2) is 41.1 Å². The molecule has 4 heterocycles. The van der Waals surface area contributed by atoms with Gasteiger partial charge < -0.3 is 18.8 Å².